The predicted molar refractivity (Wildman–Crippen MR) is 70.7 cm³/mol. The van der Waals surface area contributed by atoms with Crippen LogP contribution in [-0.2, 0) is 6.54 Å². The van der Waals surface area contributed by atoms with E-state index in [-0.39, 0.29) is 5.69 Å². The van der Waals surface area contributed by atoms with Gasteiger partial charge in [0.2, 0.25) is 0 Å². The molecule has 0 bridgehead atoms. The third-order valence-electron chi connectivity index (χ3n) is 2.88. The summed E-state index contributed by atoms with van der Waals surface area (Å²) in [5.74, 6) is 0.580. The molecule has 6 nitrogen and oxygen atoms in total. The molecule has 0 aliphatic rings. The van der Waals surface area contributed by atoms with Crippen LogP contribution in [0.2, 0.25) is 0 Å². The van der Waals surface area contributed by atoms with Gasteiger partial charge in [0.05, 0.1) is 4.92 Å². The van der Waals surface area contributed by atoms with Crippen molar-refractivity contribution >= 4 is 5.69 Å². The molecule has 0 aliphatic heterocycles. The highest BCUT2D eigenvalue weighted by Crippen LogP contribution is 2.28. The Balaban J connectivity index is 2.34. The zero-order valence-corrected chi connectivity index (χ0v) is 10.8. The van der Waals surface area contributed by atoms with Crippen LogP contribution in [0.1, 0.15) is 18.2 Å². The van der Waals surface area contributed by atoms with E-state index in [1.807, 2.05) is 13.8 Å². The van der Waals surface area contributed by atoms with Gasteiger partial charge >= 0.3 is 0 Å². The van der Waals surface area contributed by atoms with Crippen LogP contribution in [0, 0.1) is 17.0 Å². The molecule has 0 amide bonds. The number of aromatic nitrogens is 1. The summed E-state index contributed by atoms with van der Waals surface area (Å²) in [5.41, 5.74) is 2.44. The zero-order valence-electron chi connectivity index (χ0n) is 10.8. The molecule has 1 aromatic carbocycles. The molecular formula is C13H15N3O3. The molecule has 0 radical (unpaired) electrons. The summed E-state index contributed by atoms with van der Waals surface area (Å²) in [5, 5.41) is 17.9. The predicted octanol–water partition coefficient (Wildman–Crippen LogP) is 2.67. The number of benzene rings is 1. The first-order valence-corrected chi connectivity index (χ1v) is 6.04. The maximum Gasteiger partial charge on any atom is 0.270 e. The van der Waals surface area contributed by atoms with Crippen molar-refractivity contribution < 1.29 is 9.45 Å². The van der Waals surface area contributed by atoms with Gasteiger partial charge in [-0.2, -0.15) is 0 Å². The van der Waals surface area contributed by atoms with E-state index in [1.165, 1.54) is 12.1 Å². The summed E-state index contributed by atoms with van der Waals surface area (Å²) < 4.78 is 5.30. The molecule has 0 fully saturated rings. The number of non-ortho nitro benzene ring substituents is 1. The Kier molecular flexibility index (Phi) is 3.91. The van der Waals surface area contributed by atoms with Gasteiger partial charge in [-0.05, 0) is 13.5 Å². The minimum absolute atomic E-state index is 0.0431. The van der Waals surface area contributed by atoms with Crippen LogP contribution in [0.25, 0.3) is 11.3 Å². The van der Waals surface area contributed by atoms with Gasteiger partial charge in [-0.1, -0.05) is 24.2 Å². The molecule has 0 spiro atoms. The minimum atomic E-state index is -0.422. The van der Waals surface area contributed by atoms with Crippen LogP contribution >= 0.6 is 0 Å². The molecule has 1 aromatic heterocycles. The molecule has 1 heterocycles. The smallest absolute Gasteiger partial charge is 0.270 e. The highest BCUT2D eigenvalue weighted by molar-refractivity contribution is 5.64. The fraction of sp³-hybridized carbons (Fsp3) is 0.308. The van der Waals surface area contributed by atoms with Gasteiger partial charge in [0, 0.05) is 29.8 Å². The van der Waals surface area contributed by atoms with Crippen molar-refractivity contribution in [2.75, 3.05) is 6.54 Å². The average Bonchev–Trinajstić information content (AvgIpc) is 2.78. The number of nitro groups is 1. The van der Waals surface area contributed by atoms with E-state index in [1.54, 1.807) is 12.1 Å². The van der Waals surface area contributed by atoms with Crippen molar-refractivity contribution in [3.63, 3.8) is 0 Å². The Morgan fingerprint density at radius 1 is 1.47 bits per heavy atom. The standard InChI is InChI=1S/C13H15N3O3/c1-3-14-8-12-9(2)13(19-15-12)10-5-4-6-11(7-10)16(17)18/h4-7,14H,3,8H2,1-2H3. The summed E-state index contributed by atoms with van der Waals surface area (Å²) in [6.45, 7) is 5.38. The normalized spacial score (nSPS) is 10.6. The molecule has 0 atom stereocenters. The number of hydrogen-bond acceptors (Lipinski definition) is 5. The van der Waals surface area contributed by atoms with Gasteiger partial charge in [0.25, 0.3) is 5.69 Å². The van der Waals surface area contributed by atoms with Crippen molar-refractivity contribution in [2.24, 2.45) is 0 Å². The molecule has 2 aromatic rings. The zero-order chi connectivity index (χ0) is 13.8. The van der Waals surface area contributed by atoms with Crippen LogP contribution < -0.4 is 5.32 Å². The number of nitrogens with one attached hydrogen (secondary N) is 1. The molecular weight excluding hydrogens is 246 g/mol. The molecule has 0 saturated carbocycles. The Hall–Kier alpha value is -2.21. The van der Waals surface area contributed by atoms with Crippen molar-refractivity contribution in [3.8, 4) is 11.3 Å². The Labute approximate surface area is 110 Å². The second kappa shape index (κ2) is 5.62. The van der Waals surface area contributed by atoms with Gasteiger partial charge in [-0.3, -0.25) is 10.1 Å². The molecule has 0 unspecified atom stereocenters. The van der Waals surface area contributed by atoms with Gasteiger partial charge in [0.1, 0.15) is 5.69 Å². The van der Waals surface area contributed by atoms with Crippen LogP contribution in [0.5, 0.6) is 0 Å². The second-order valence-corrected chi connectivity index (χ2v) is 4.17. The van der Waals surface area contributed by atoms with Crippen molar-refractivity contribution in [3.05, 3.63) is 45.6 Å². The van der Waals surface area contributed by atoms with Crippen molar-refractivity contribution in [1.29, 1.82) is 0 Å². The number of nitro benzene ring substituents is 1. The summed E-state index contributed by atoms with van der Waals surface area (Å²) in [7, 11) is 0. The van der Waals surface area contributed by atoms with E-state index in [0.717, 1.165) is 17.8 Å². The van der Waals surface area contributed by atoms with Crippen LogP contribution in [0.3, 0.4) is 0 Å². The molecule has 1 N–H and O–H groups in total. The van der Waals surface area contributed by atoms with E-state index >= 15 is 0 Å². The fourth-order valence-corrected chi connectivity index (χ4v) is 1.81. The van der Waals surface area contributed by atoms with Gasteiger partial charge in [0.15, 0.2) is 5.76 Å². The maximum absolute atomic E-state index is 10.8. The lowest BCUT2D eigenvalue weighted by Gasteiger charge is -1.99. The monoisotopic (exact) mass is 261 g/mol. The van der Waals surface area contributed by atoms with E-state index < -0.39 is 4.92 Å². The topological polar surface area (TPSA) is 81.2 Å². The van der Waals surface area contributed by atoms with Crippen molar-refractivity contribution in [1.82, 2.24) is 10.5 Å². The van der Waals surface area contributed by atoms with Gasteiger partial charge in [-0.15, -0.1) is 0 Å². The number of nitrogens with zero attached hydrogens (tertiary/aromatic N) is 2. The Morgan fingerprint density at radius 2 is 2.26 bits per heavy atom. The molecule has 2 rings (SSSR count). The van der Waals surface area contributed by atoms with E-state index in [0.29, 0.717) is 17.9 Å². The third kappa shape index (κ3) is 2.79. The SMILES string of the molecule is CCNCc1noc(-c2cccc([N+](=O)[O-])c2)c1C. The first-order valence-electron chi connectivity index (χ1n) is 6.04. The summed E-state index contributed by atoms with van der Waals surface area (Å²) in [6.07, 6.45) is 0. The Bertz CT molecular complexity index is 593. The maximum atomic E-state index is 10.8. The molecule has 0 aliphatic carbocycles. The lowest BCUT2D eigenvalue weighted by atomic mass is 10.1. The third-order valence-corrected chi connectivity index (χ3v) is 2.88. The number of rotatable bonds is 5. The lowest BCUT2D eigenvalue weighted by molar-refractivity contribution is -0.384. The first-order chi connectivity index (χ1) is 9.13. The Morgan fingerprint density at radius 3 is 2.95 bits per heavy atom. The number of hydrogen-bond donors (Lipinski definition) is 1. The van der Waals surface area contributed by atoms with E-state index in [9.17, 15) is 10.1 Å². The highest BCUT2D eigenvalue weighted by atomic mass is 16.6. The van der Waals surface area contributed by atoms with Crippen molar-refractivity contribution in [2.45, 2.75) is 20.4 Å². The fourth-order valence-electron chi connectivity index (χ4n) is 1.81. The molecule has 19 heavy (non-hydrogen) atoms. The van der Waals surface area contributed by atoms with Crippen LogP contribution in [0.4, 0.5) is 5.69 Å². The summed E-state index contributed by atoms with van der Waals surface area (Å²) >= 11 is 0. The molecule has 6 heteroatoms. The molecule has 0 saturated heterocycles. The lowest BCUT2D eigenvalue weighted by Crippen LogP contribution is -2.12. The van der Waals surface area contributed by atoms with Gasteiger partial charge in [-0.25, -0.2) is 0 Å². The summed E-state index contributed by atoms with van der Waals surface area (Å²) in [4.78, 5) is 10.3. The largest absolute Gasteiger partial charge is 0.356 e. The highest BCUT2D eigenvalue weighted by Gasteiger charge is 2.15. The van der Waals surface area contributed by atoms with Gasteiger partial charge < -0.3 is 9.84 Å². The second-order valence-electron chi connectivity index (χ2n) is 4.17. The first kappa shape index (κ1) is 13.2. The van der Waals surface area contributed by atoms with Crippen LogP contribution in [0.15, 0.2) is 28.8 Å². The van der Waals surface area contributed by atoms with E-state index in [4.69, 9.17) is 4.52 Å². The molecule has 100 valence electrons. The van der Waals surface area contributed by atoms with E-state index in [2.05, 4.69) is 10.5 Å². The van der Waals surface area contributed by atoms with Crippen LogP contribution in [-0.4, -0.2) is 16.6 Å². The minimum Gasteiger partial charge on any atom is -0.356 e. The quantitative estimate of drug-likeness (QED) is 0.661. The average molecular weight is 261 g/mol. The summed E-state index contributed by atoms with van der Waals surface area (Å²) in [6, 6.07) is 6.36.